The fourth-order valence-corrected chi connectivity index (χ4v) is 9.36. The van der Waals surface area contributed by atoms with Crippen LogP contribution in [0.25, 0.3) is 0 Å². The number of carbonyl (C=O) groups excluding carboxylic acids is 2. The Bertz CT molecular complexity index is 681. The Morgan fingerprint density at radius 1 is 0.333 bits per heavy atom. The SMILES string of the molecule is CCCCCCCCCCCCCCCCCC(=O)O[Si](CCCCCCCC)(OC)OC(=O)CCCCCCCCCCCCCCCCC. The van der Waals surface area contributed by atoms with Crippen molar-refractivity contribution in [3.05, 3.63) is 0 Å². The highest BCUT2D eigenvalue weighted by Crippen LogP contribution is 2.23. The van der Waals surface area contributed by atoms with Gasteiger partial charge in [-0.1, -0.05) is 233 Å². The summed E-state index contributed by atoms with van der Waals surface area (Å²) in [7, 11) is -1.82. The lowest BCUT2D eigenvalue weighted by Crippen LogP contribution is -2.48. The van der Waals surface area contributed by atoms with Crippen molar-refractivity contribution >= 4 is 20.7 Å². The molecule has 0 aromatic heterocycles. The highest BCUT2D eigenvalue weighted by Gasteiger charge is 2.47. The van der Waals surface area contributed by atoms with E-state index in [0.717, 1.165) is 44.9 Å². The molecule has 0 aromatic rings. The summed E-state index contributed by atoms with van der Waals surface area (Å²) in [5, 5.41) is 0. The Morgan fingerprint density at radius 2 is 0.549 bits per heavy atom. The van der Waals surface area contributed by atoms with Gasteiger partial charge in [0.25, 0.3) is 11.9 Å². The van der Waals surface area contributed by atoms with E-state index in [1.165, 1.54) is 186 Å². The van der Waals surface area contributed by atoms with Crippen LogP contribution in [0.15, 0.2) is 0 Å². The summed E-state index contributed by atoms with van der Waals surface area (Å²) in [6.45, 7) is 6.78. The summed E-state index contributed by atoms with van der Waals surface area (Å²) < 4.78 is 17.8. The van der Waals surface area contributed by atoms with Gasteiger partial charge >= 0.3 is 8.80 Å². The molecular weight excluding hydrogens is 649 g/mol. The summed E-state index contributed by atoms with van der Waals surface area (Å²) in [5.41, 5.74) is 0. The molecule has 0 fully saturated rings. The van der Waals surface area contributed by atoms with Crippen molar-refractivity contribution < 1.29 is 22.9 Å². The molecule has 304 valence electrons. The molecule has 0 heterocycles. The Kier molecular flexibility index (Phi) is 39.6. The number of hydrogen-bond acceptors (Lipinski definition) is 5. The third kappa shape index (κ3) is 35.9. The van der Waals surface area contributed by atoms with E-state index in [-0.39, 0.29) is 11.9 Å². The molecular formula is C45H90O5Si. The lowest BCUT2D eigenvalue weighted by molar-refractivity contribution is -0.145. The average molecular weight is 739 g/mol. The van der Waals surface area contributed by atoms with Gasteiger partial charge in [-0.05, 0) is 19.3 Å². The molecule has 6 heteroatoms. The molecule has 51 heavy (non-hydrogen) atoms. The van der Waals surface area contributed by atoms with Crippen LogP contribution in [-0.2, 0) is 22.9 Å². The van der Waals surface area contributed by atoms with Gasteiger partial charge in [-0.2, -0.15) is 0 Å². The Labute approximate surface area is 320 Å². The van der Waals surface area contributed by atoms with Crippen LogP contribution in [-0.4, -0.2) is 27.9 Å². The van der Waals surface area contributed by atoms with Gasteiger partial charge < -0.3 is 13.3 Å². The largest absolute Gasteiger partial charge is 0.635 e. The van der Waals surface area contributed by atoms with Crippen molar-refractivity contribution in [3.8, 4) is 0 Å². The van der Waals surface area contributed by atoms with Gasteiger partial charge in [-0.3, -0.25) is 9.59 Å². The second kappa shape index (κ2) is 40.3. The molecule has 0 aromatic carbocycles. The predicted molar refractivity (Wildman–Crippen MR) is 222 cm³/mol. The quantitative estimate of drug-likeness (QED) is 0.0461. The Morgan fingerprint density at radius 3 is 0.784 bits per heavy atom. The third-order valence-electron chi connectivity index (χ3n) is 10.7. The minimum atomic E-state index is -3.38. The van der Waals surface area contributed by atoms with E-state index < -0.39 is 8.80 Å². The Hall–Kier alpha value is -0.883. The minimum Gasteiger partial charge on any atom is -0.464 e. The summed E-state index contributed by atoms with van der Waals surface area (Å²) in [5.74, 6) is -0.520. The third-order valence-corrected chi connectivity index (χ3v) is 13.3. The maximum atomic E-state index is 13.0. The Balaban J connectivity index is 4.24. The van der Waals surface area contributed by atoms with Crippen molar-refractivity contribution in [2.75, 3.05) is 7.11 Å². The van der Waals surface area contributed by atoms with Crippen LogP contribution >= 0.6 is 0 Å². The van der Waals surface area contributed by atoms with Crippen molar-refractivity contribution in [3.63, 3.8) is 0 Å². The van der Waals surface area contributed by atoms with Gasteiger partial charge in [0.05, 0.1) is 0 Å². The van der Waals surface area contributed by atoms with Gasteiger partial charge in [-0.15, -0.1) is 0 Å². The molecule has 0 atom stereocenters. The summed E-state index contributed by atoms with van der Waals surface area (Å²) in [4.78, 5) is 25.9. The summed E-state index contributed by atoms with van der Waals surface area (Å²) >= 11 is 0. The van der Waals surface area contributed by atoms with Gasteiger partial charge in [0.2, 0.25) is 0 Å². The minimum absolute atomic E-state index is 0.260. The van der Waals surface area contributed by atoms with Crippen LogP contribution in [0.2, 0.25) is 6.04 Å². The highest BCUT2D eigenvalue weighted by atomic mass is 28.4. The van der Waals surface area contributed by atoms with Gasteiger partial charge in [0.1, 0.15) is 0 Å². The van der Waals surface area contributed by atoms with Crippen LogP contribution < -0.4 is 0 Å². The zero-order valence-electron chi connectivity index (χ0n) is 35.1. The predicted octanol–water partition coefficient (Wildman–Crippen LogP) is 15.5. The lowest BCUT2D eigenvalue weighted by atomic mass is 10.0. The number of hydrogen-bond donors (Lipinski definition) is 0. The fourth-order valence-electron chi connectivity index (χ4n) is 7.16. The van der Waals surface area contributed by atoms with Crippen molar-refractivity contribution in [2.45, 2.75) is 271 Å². The number of rotatable bonds is 42. The molecule has 0 bridgehead atoms. The van der Waals surface area contributed by atoms with Crippen LogP contribution in [0.5, 0.6) is 0 Å². The zero-order chi connectivity index (χ0) is 37.4. The number of unbranched alkanes of at least 4 members (excludes halogenated alkanes) is 33. The van der Waals surface area contributed by atoms with E-state index >= 15 is 0 Å². The first kappa shape index (κ1) is 50.1. The lowest BCUT2D eigenvalue weighted by Gasteiger charge is -2.27. The first-order chi connectivity index (χ1) is 25.0. The molecule has 0 saturated heterocycles. The number of carbonyl (C=O) groups is 2. The van der Waals surface area contributed by atoms with E-state index in [1.54, 1.807) is 7.11 Å². The molecule has 0 rings (SSSR count). The summed E-state index contributed by atoms with van der Waals surface area (Å²) in [6, 6.07) is 0.533. The van der Waals surface area contributed by atoms with Crippen LogP contribution in [0.4, 0.5) is 0 Å². The van der Waals surface area contributed by atoms with E-state index in [0.29, 0.717) is 18.9 Å². The van der Waals surface area contributed by atoms with Gasteiger partial charge in [0, 0.05) is 26.0 Å². The first-order valence-corrected chi connectivity index (χ1v) is 25.0. The van der Waals surface area contributed by atoms with Crippen molar-refractivity contribution in [1.29, 1.82) is 0 Å². The molecule has 0 spiro atoms. The van der Waals surface area contributed by atoms with Crippen LogP contribution in [0.1, 0.15) is 265 Å². The molecule has 0 N–H and O–H groups in total. The molecule has 0 aliphatic heterocycles. The second-order valence-corrected chi connectivity index (χ2v) is 18.4. The fraction of sp³-hybridized carbons (Fsp3) is 0.956. The van der Waals surface area contributed by atoms with Crippen LogP contribution in [0.3, 0.4) is 0 Å². The van der Waals surface area contributed by atoms with E-state index in [9.17, 15) is 9.59 Å². The highest BCUT2D eigenvalue weighted by molar-refractivity contribution is 6.64. The van der Waals surface area contributed by atoms with Crippen LogP contribution in [0, 0.1) is 0 Å². The zero-order valence-corrected chi connectivity index (χ0v) is 36.1. The van der Waals surface area contributed by atoms with Crippen molar-refractivity contribution in [1.82, 2.24) is 0 Å². The normalized spacial score (nSPS) is 11.7. The van der Waals surface area contributed by atoms with E-state index in [2.05, 4.69) is 20.8 Å². The summed E-state index contributed by atoms with van der Waals surface area (Å²) in [6.07, 6.45) is 46.4. The maximum absolute atomic E-state index is 13.0. The topological polar surface area (TPSA) is 61.8 Å². The smallest absolute Gasteiger partial charge is 0.464 e. The second-order valence-electron chi connectivity index (χ2n) is 15.8. The van der Waals surface area contributed by atoms with E-state index in [1.807, 2.05) is 0 Å². The molecule has 5 nitrogen and oxygen atoms in total. The monoisotopic (exact) mass is 739 g/mol. The molecule has 0 aliphatic carbocycles. The molecule has 0 aliphatic rings. The van der Waals surface area contributed by atoms with Gasteiger partial charge in [0.15, 0.2) is 0 Å². The standard InChI is InChI=1S/C45H90O5Si/c1-5-8-11-14-17-19-21-23-25-27-29-31-33-35-38-41-44(46)49-51(48-4,43-40-37-16-13-10-7-3)50-45(47)42-39-36-34-32-30-28-26-24-22-20-18-15-12-9-6-2/h5-43H2,1-4H3. The van der Waals surface area contributed by atoms with Gasteiger partial charge in [-0.25, -0.2) is 0 Å². The molecule has 0 amide bonds. The molecule has 0 radical (unpaired) electrons. The van der Waals surface area contributed by atoms with Crippen molar-refractivity contribution in [2.24, 2.45) is 0 Å². The average Bonchev–Trinajstić information content (AvgIpc) is 3.12. The molecule has 0 saturated carbocycles. The maximum Gasteiger partial charge on any atom is 0.635 e. The first-order valence-electron chi connectivity index (χ1n) is 23.0. The molecule has 0 unspecified atom stereocenters. The van der Waals surface area contributed by atoms with E-state index in [4.69, 9.17) is 13.3 Å².